The number of carboxylic acids is 1. The molecule has 6 aromatic carbocycles. The third-order valence-corrected chi connectivity index (χ3v) is 12.1. The zero-order valence-corrected chi connectivity index (χ0v) is 31.9. The van der Waals surface area contributed by atoms with Gasteiger partial charge in [-0.25, -0.2) is 4.79 Å². The zero-order chi connectivity index (χ0) is 38.5. The lowest BCUT2D eigenvalue weighted by Gasteiger charge is -2.43. The van der Waals surface area contributed by atoms with E-state index in [9.17, 15) is 9.90 Å². The van der Waals surface area contributed by atoms with Crippen LogP contribution in [0.3, 0.4) is 0 Å². The topological polar surface area (TPSA) is 83.5 Å². The lowest BCUT2D eigenvalue weighted by Crippen LogP contribution is -2.53. The maximum Gasteiger partial charge on any atom is 0.369 e. The average molecular weight is 765 g/mol. The highest BCUT2D eigenvalue weighted by molar-refractivity contribution is 6.30. The minimum Gasteiger partial charge on any atom is -0.497 e. The molecule has 0 aromatic heterocycles. The summed E-state index contributed by atoms with van der Waals surface area (Å²) in [6, 6.07) is 46.1. The van der Waals surface area contributed by atoms with Crippen molar-refractivity contribution in [2.45, 2.75) is 36.3 Å². The molecule has 2 heterocycles. The number of hydrogen-bond acceptors (Lipinski definition) is 6. The maximum absolute atomic E-state index is 12.2. The Bertz CT molecular complexity index is 2360. The van der Waals surface area contributed by atoms with Gasteiger partial charge >= 0.3 is 5.97 Å². The Morgan fingerprint density at radius 1 is 0.661 bits per heavy atom. The number of hydrogen-bond donors (Lipinski definition) is 1. The fourth-order valence-electron chi connectivity index (χ4n) is 9.08. The number of aliphatic carboxylic acids is 1. The number of rotatable bonds is 5. The van der Waals surface area contributed by atoms with Gasteiger partial charge in [0.2, 0.25) is 0 Å². The fourth-order valence-corrected chi connectivity index (χ4v) is 9.20. The van der Waals surface area contributed by atoms with Crippen LogP contribution in [0.1, 0.15) is 52.2 Å². The second-order valence-electron chi connectivity index (χ2n) is 14.7. The summed E-state index contributed by atoms with van der Waals surface area (Å²) < 4.78 is 29.9. The molecule has 1 N–H and O–H groups in total. The molecule has 8 heteroatoms. The second-order valence-corrected chi connectivity index (χ2v) is 15.2. The van der Waals surface area contributed by atoms with E-state index >= 15 is 0 Å². The molecule has 0 amide bonds. The monoisotopic (exact) mass is 764 g/mol. The van der Waals surface area contributed by atoms with Gasteiger partial charge in [0.15, 0.2) is 6.29 Å². The molecule has 282 valence electrons. The van der Waals surface area contributed by atoms with Crippen molar-refractivity contribution in [3.8, 4) is 28.0 Å². The van der Waals surface area contributed by atoms with Gasteiger partial charge in [-0.15, -0.1) is 0 Å². The van der Waals surface area contributed by atoms with Gasteiger partial charge in [-0.1, -0.05) is 122 Å². The van der Waals surface area contributed by atoms with Crippen molar-refractivity contribution >= 4 is 17.6 Å². The highest BCUT2D eigenvalue weighted by Crippen LogP contribution is 2.54. The number of benzene rings is 6. The summed E-state index contributed by atoms with van der Waals surface area (Å²) in [5.41, 5.74) is 11.9. The van der Waals surface area contributed by atoms with Crippen LogP contribution in [0.2, 0.25) is 5.02 Å². The van der Waals surface area contributed by atoms with Gasteiger partial charge in [-0.2, -0.15) is 0 Å². The van der Waals surface area contributed by atoms with Gasteiger partial charge in [0, 0.05) is 16.1 Å². The first-order chi connectivity index (χ1) is 27.3. The van der Waals surface area contributed by atoms with Gasteiger partial charge in [-0.05, 0) is 92.9 Å². The Kier molecular flexibility index (Phi) is 9.31. The summed E-state index contributed by atoms with van der Waals surface area (Å²) >= 11 is 6.01. The fraction of sp³-hybridized carbons (Fsp3) is 0.229. The van der Waals surface area contributed by atoms with Gasteiger partial charge in [0.1, 0.15) is 5.75 Å². The molecule has 0 unspecified atom stereocenters. The first-order valence-corrected chi connectivity index (χ1v) is 19.3. The average Bonchev–Trinajstić information content (AvgIpc) is 3.69. The van der Waals surface area contributed by atoms with Crippen molar-refractivity contribution in [3.63, 3.8) is 0 Å². The van der Waals surface area contributed by atoms with Crippen molar-refractivity contribution in [2.24, 2.45) is 0 Å². The first-order valence-electron chi connectivity index (χ1n) is 18.9. The number of aryl methyl sites for hydroxylation is 1. The second kappa shape index (κ2) is 14.3. The van der Waals surface area contributed by atoms with E-state index < -0.39 is 17.2 Å². The molecule has 2 fully saturated rings. The van der Waals surface area contributed by atoms with E-state index in [0.29, 0.717) is 24.5 Å². The Morgan fingerprint density at radius 2 is 1.18 bits per heavy atom. The Labute approximate surface area is 331 Å². The van der Waals surface area contributed by atoms with Gasteiger partial charge in [0.05, 0.1) is 44.4 Å². The van der Waals surface area contributed by atoms with E-state index in [1.807, 2.05) is 48.5 Å². The van der Waals surface area contributed by atoms with Crippen LogP contribution in [0.4, 0.5) is 0 Å². The normalized spacial score (nSPS) is 18.9. The molecular formula is C48H41ClO7. The van der Waals surface area contributed by atoms with Crippen LogP contribution >= 0.6 is 11.6 Å². The van der Waals surface area contributed by atoms with Crippen molar-refractivity contribution in [2.75, 3.05) is 33.5 Å². The van der Waals surface area contributed by atoms with Crippen LogP contribution in [0.15, 0.2) is 140 Å². The Morgan fingerprint density at radius 3 is 1.71 bits per heavy atom. The highest BCUT2D eigenvalue weighted by atomic mass is 35.5. The van der Waals surface area contributed by atoms with E-state index in [1.165, 1.54) is 27.8 Å². The molecular weight excluding hydrogens is 724 g/mol. The third-order valence-electron chi connectivity index (χ3n) is 11.8. The summed E-state index contributed by atoms with van der Waals surface area (Å²) in [4.78, 5) is 12.2. The van der Waals surface area contributed by atoms with Crippen molar-refractivity contribution in [1.29, 1.82) is 0 Å². The highest BCUT2D eigenvalue weighted by Gasteiger charge is 2.55. The predicted molar refractivity (Wildman–Crippen MR) is 215 cm³/mol. The van der Waals surface area contributed by atoms with E-state index in [0.717, 1.165) is 39.3 Å². The summed E-state index contributed by atoms with van der Waals surface area (Å²) in [6.07, 6.45) is 0.650. The van der Waals surface area contributed by atoms with Crippen LogP contribution in [0.25, 0.3) is 22.3 Å². The summed E-state index contributed by atoms with van der Waals surface area (Å²) in [7, 11) is 1.56. The quantitative estimate of drug-likeness (QED) is 0.187. The van der Waals surface area contributed by atoms with Crippen LogP contribution in [0.5, 0.6) is 5.75 Å². The van der Waals surface area contributed by atoms with Gasteiger partial charge in [-0.3, -0.25) is 0 Å². The van der Waals surface area contributed by atoms with E-state index in [1.54, 1.807) is 31.4 Å². The van der Waals surface area contributed by atoms with E-state index in [2.05, 4.69) is 73.7 Å². The molecule has 2 saturated heterocycles. The molecule has 56 heavy (non-hydrogen) atoms. The van der Waals surface area contributed by atoms with Crippen LogP contribution < -0.4 is 4.74 Å². The summed E-state index contributed by atoms with van der Waals surface area (Å²) in [6.45, 7) is 3.86. The summed E-state index contributed by atoms with van der Waals surface area (Å²) in [5.74, 6) is -2.37. The number of methoxy groups -OCH3 is 1. The number of carbonyl (C=O) groups is 1. The van der Waals surface area contributed by atoms with E-state index in [-0.39, 0.29) is 24.9 Å². The lowest BCUT2D eigenvalue weighted by molar-refractivity contribution is -0.287. The van der Waals surface area contributed by atoms with Crippen molar-refractivity contribution in [3.05, 3.63) is 183 Å². The van der Waals surface area contributed by atoms with Crippen LogP contribution in [-0.4, -0.2) is 44.6 Å². The lowest BCUT2D eigenvalue weighted by atomic mass is 9.76. The standard InChI is InChI=1S/C24H21ClO2.C24H20O5/c1-2-16-6-5-8-20-19-7-3-4-9-21(19)24(22(16)20)14-26-23(27-15-24)17-10-12-18(25)13-11-17;1-27-17-12-10-16(11-13-17)24(22(25)26)28-14-23(15-29-24)20-8-4-2-6-18(20)19-7-3-5-9-21(19)23/h3-13,23H,2,14-15H2,1H3;2-13H,14-15H2,1H3,(H,25,26). The predicted octanol–water partition coefficient (Wildman–Crippen LogP) is 9.86. The minimum atomic E-state index is -1.84. The number of halogens is 1. The Balaban J connectivity index is 0.000000147. The zero-order valence-electron chi connectivity index (χ0n) is 31.2. The third kappa shape index (κ3) is 5.68. The van der Waals surface area contributed by atoms with Crippen LogP contribution in [0, 0.1) is 0 Å². The first kappa shape index (κ1) is 36.4. The minimum absolute atomic E-state index is 0.208. The van der Waals surface area contributed by atoms with Crippen LogP contribution in [-0.2, 0) is 46.8 Å². The molecule has 0 radical (unpaired) electrons. The molecule has 4 aliphatic rings. The SMILES string of the molecule is CCc1cccc2c1C1(COC(c3ccc(Cl)cc3)OC1)c1ccccc1-2.COc1ccc(C2(C(=O)O)OCC3(CO2)c2ccccc2-c2ccccc23)cc1. The molecule has 7 nitrogen and oxygen atoms in total. The molecule has 2 aliphatic carbocycles. The Hall–Kier alpha value is -5.28. The van der Waals surface area contributed by atoms with Gasteiger partial charge in [0.25, 0.3) is 5.79 Å². The number of ether oxygens (including phenoxy) is 5. The molecule has 0 bridgehead atoms. The van der Waals surface area contributed by atoms with Gasteiger partial charge < -0.3 is 28.8 Å². The van der Waals surface area contributed by atoms with E-state index in [4.69, 9.17) is 35.3 Å². The van der Waals surface area contributed by atoms with Crippen molar-refractivity contribution in [1.82, 2.24) is 0 Å². The maximum atomic E-state index is 12.2. The molecule has 0 saturated carbocycles. The summed E-state index contributed by atoms with van der Waals surface area (Å²) in [5, 5.41) is 10.7. The smallest absolute Gasteiger partial charge is 0.369 e. The molecule has 0 atom stereocenters. The number of carboxylic acid groups (broad SMARTS) is 1. The molecule has 10 rings (SSSR count). The number of fused-ring (bicyclic) bond motifs is 10. The largest absolute Gasteiger partial charge is 0.497 e. The molecule has 6 aromatic rings. The van der Waals surface area contributed by atoms with Crippen molar-refractivity contribution < 1.29 is 33.6 Å². The molecule has 2 spiro atoms. The molecule has 2 aliphatic heterocycles.